The Morgan fingerprint density at radius 2 is 2.10 bits per heavy atom. The standard InChI is InChI=1S/C12H16Cl2N2O3S/c13-10-5-11(14)12(4-8(10)6-15)20(17,18)16-9-2-1-3-19-7-9/h4-5,9,16H,1-3,6-7,15H2. The number of hydrogen-bond donors (Lipinski definition) is 2. The van der Waals surface area contributed by atoms with Gasteiger partial charge >= 0.3 is 0 Å². The highest BCUT2D eigenvalue weighted by atomic mass is 35.5. The number of ether oxygens (including phenoxy) is 1. The van der Waals surface area contributed by atoms with Crippen LogP contribution >= 0.6 is 23.2 Å². The van der Waals surface area contributed by atoms with Crippen molar-refractivity contribution in [3.63, 3.8) is 0 Å². The molecule has 1 fully saturated rings. The predicted molar refractivity (Wildman–Crippen MR) is 78.5 cm³/mol. The molecule has 5 nitrogen and oxygen atoms in total. The van der Waals surface area contributed by atoms with Crippen LogP contribution in [0.25, 0.3) is 0 Å². The third kappa shape index (κ3) is 3.63. The van der Waals surface area contributed by atoms with E-state index in [1.807, 2.05) is 0 Å². The molecular formula is C12H16Cl2N2O3S. The van der Waals surface area contributed by atoms with Crippen LogP contribution in [0.5, 0.6) is 0 Å². The molecule has 0 spiro atoms. The number of rotatable bonds is 4. The van der Waals surface area contributed by atoms with Crippen molar-refractivity contribution in [1.82, 2.24) is 4.72 Å². The molecule has 3 N–H and O–H groups in total. The minimum atomic E-state index is -3.72. The molecule has 1 unspecified atom stereocenters. The molecular weight excluding hydrogens is 323 g/mol. The second kappa shape index (κ2) is 6.60. The summed E-state index contributed by atoms with van der Waals surface area (Å²) in [6, 6.07) is 2.58. The average molecular weight is 339 g/mol. The van der Waals surface area contributed by atoms with Gasteiger partial charge in [0.15, 0.2) is 0 Å². The van der Waals surface area contributed by atoms with E-state index in [2.05, 4.69) is 4.72 Å². The fourth-order valence-electron chi connectivity index (χ4n) is 2.05. The molecule has 0 aromatic heterocycles. The number of halogens is 2. The average Bonchev–Trinajstić information content (AvgIpc) is 2.39. The van der Waals surface area contributed by atoms with Crippen molar-refractivity contribution < 1.29 is 13.2 Å². The minimum Gasteiger partial charge on any atom is -0.380 e. The monoisotopic (exact) mass is 338 g/mol. The van der Waals surface area contributed by atoms with Crippen LogP contribution in [0.3, 0.4) is 0 Å². The van der Waals surface area contributed by atoms with Crippen LogP contribution in [0.1, 0.15) is 18.4 Å². The van der Waals surface area contributed by atoms with Gasteiger partial charge in [-0.15, -0.1) is 0 Å². The van der Waals surface area contributed by atoms with Crippen LogP contribution < -0.4 is 10.5 Å². The van der Waals surface area contributed by atoms with E-state index < -0.39 is 10.0 Å². The van der Waals surface area contributed by atoms with Crippen LogP contribution in [0.15, 0.2) is 17.0 Å². The Hall–Kier alpha value is -0.370. The predicted octanol–water partition coefficient (Wildman–Crippen LogP) is 1.91. The van der Waals surface area contributed by atoms with Gasteiger partial charge in [-0.3, -0.25) is 0 Å². The molecule has 1 aromatic rings. The maximum Gasteiger partial charge on any atom is 0.242 e. The highest BCUT2D eigenvalue weighted by Crippen LogP contribution is 2.28. The van der Waals surface area contributed by atoms with Crippen molar-refractivity contribution in [2.24, 2.45) is 5.73 Å². The van der Waals surface area contributed by atoms with Crippen molar-refractivity contribution >= 4 is 33.2 Å². The Balaban J connectivity index is 2.28. The Morgan fingerprint density at radius 1 is 1.35 bits per heavy atom. The molecule has 0 saturated carbocycles. The molecule has 1 saturated heterocycles. The smallest absolute Gasteiger partial charge is 0.242 e. The van der Waals surface area contributed by atoms with Gasteiger partial charge in [0.25, 0.3) is 0 Å². The van der Waals surface area contributed by atoms with Crippen LogP contribution in [-0.2, 0) is 21.3 Å². The summed E-state index contributed by atoms with van der Waals surface area (Å²) in [4.78, 5) is -0.00501. The Morgan fingerprint density at radius 3 is 2.70 bits per heavy atom. The Bertz CT molecular complexity index is 587. The second-order valence-corrected chi connectivity index (χ2v) is 7.11. The summed E-state index contributed by atoms with van der Waals surface area (Å²) < 4.78 is 32.6. The van der Waals surface area contributed by atoms with Gasteiger partial charge in [-0.25, -0.2) is 13.1 Å². The lowest BCUT2D eigenvalue weighted by atomic mass is 10.1. The first-order chi connectivity index (χ1) is 9.44. The molecule has 1 atom stereocenters. The zero-order chi connectivity index (χ0) is 14.8. The fourth-order valence-corrected chi connectivity index (χ4v) is 4.18. The van der Waals surface area contributed by atoms with Crippen molar-refractivity contribution in [3.8, 4) is 0 Å². The number of hydrogen-bond acceptors (Lipinski definition) is 4. The second-order valence-electron chi connectivity index (χ2n) is 4.61. The lowest BCUT2D eigenvalue weighted by Gasteiger charge is -2.23. The molecule has 1 heterocycles. The summed E-state index contributed by atoms with van der Waals surface area (Å²) in [5.41, 5.74) is 6.07. The summed E-state index contributed by atoms with van der Waals surface area (Å²) in [6.07, 6.45) is 1.57. The van der Waals surface area contributed by atoms with E-state index in [9.17, 15) is 8.42 Å². The van der Waals surface area contributed by atoms with Gasteiger partial charge in [-0.2, -0.15) is 0 Å². The molecule has 0 bridgehead atoms. The maximum absolute atomic E-state index is 12.4. The van der Waals surface area contributed by atoms with Gasteiger partial charge in [0, 0.05) is 24.2 Å². The minimum absolute atomic E-state index is 0.00501. The fraction of sp³-hybridized carbons (Fsp3) is 0.500. The summed E-state index contributed by atoms with van der Waals surface area (Å²) in [7, 11) is -3.72. The third-order valence-corrected chi connectivity index (χ3v) is 5.43. The molecule has 1 aliphatic heterocycles. The Kier molecular flexibility index (Phi) is 5.28. The number of nitrogens with two attached hydrogens (primary N) is 1. The molecule has 1 aromatic carbocycles. The molecule has 112 valence electrons. The van der Waals surface area contributed by atoms with E-state index in [1.54, 1.807) is 0 Å². The van der Waals surface area contributed by atoms with Crippen molar-refractivity contribution in [2.75, 3.05) is 13.2 Å². The molecule has 2 rings (SSSR count). The van der Waals surface area contributed by atoms with Crippen LogP contribution in [0.2, 0.25) is 10.0 Å². The highest BCUT2D eigenvalue weighted by Gasteiger charge is 2.25. The zero-order valence-electron chi connectivity index (χ0n) is 10.7. The van der Waals surface area contributed by atoms with Crippen LogP contribution in [0.4, 0.5) is 0 Å². The van der Waals surface area contributed by atoms with Crippen LogP contribution in [-0.4, -0.2) is 27.7 Å². The van der Waals surface area contributed by atoms with Crippen LogP contribution in [0, 0.1) is 0 Å². The molecule has 20 heavy (non-hydrogen) atoms. The van der Waals surface area contributed by atoms with Gasteiger partial charge in [0.05, 0.1) is 11.6 Å². The van der Waals surface area contributed by atoms with Gasteiger partial charge < -0.3 is 10.5 Å². The lowest BCUT2D eigenvalue weighted by molar-refractivity contribution is 0.0774. The quantitative estimate of drug-likeness (QED) is 0.878. The first-order valence-electron chi connectivity index (χ1n) is 6.22. The molecule has 0 radical (unpaired) electrons. The molecule has 0 amide bonds. The van der Waals surface area contributed by atoms with Crippen molar-refractivity contribution in [3.05, 3.63) is 27.7 Å². The SMILES string of the molecule is NCc1cc(S(=O)(=O)NC2CCCOC2)c(Cl)cc1Cl. The number of benzene rings is 1. The van der Waals surface area contributed by atoms with E-state index in [0.717, 1.165) is 12.8 Å². The highest BCUT2D eigenvalue weighted by molar-refractivity contribution is 7.89. The number of nitrogens with one attached hydrogen (secondary N) is 1. The van der Waals surface area contributed by atoms with E-state index in [1.165, 1.54) is 12.1 Å². The largest absolute Gasteiger partial charge is 0.380 e. The van der Waals surface area contributed by atoms with Gasteiger partial charge in [0.1, 0.15) is 4.90 Å². The topological polar surface area (TPSA) is 81.4 Å². The summed E-state index contributed by atoms with van der Waals surface area (Å²) in [6.45, 7) is 1.18. The van der Waals surface area contributed by atoms with Crippen molar-refractivity contribution in [1.29, 1.82) is 0 Å². The third-order valence-electron chi connectivity index (χ3n) is 3.09. The summed E-state index contributed by atoms with van der Waals surface area (Å²) in [5, 5.41) is 0.439. The first kappa shape index (κ1) is 16.0. The van der Waals surface area contributed by atoms with E-state index in [-0.39, 0.29) is 22.5 Å². The van der Waals surface area contributed by atoms with Gasteiger partial charge in [0.2, 0.25) is 10.0 Å². The molecule has 1 aliphatic rings. The van der Waals surface area contributed by atoms with Gasteiger partial charge in [-0.1, -0.05) is 23.2 Å². The normalized spacial score (nSPS) is 20.1. The maximum atomic E-state index is 12.4. The first-order valence-corrected chi connectivity index (χ1v) is 8.46. The van der Waals surface area contributed by atoms with E-state index in [4.69, 9.17) is 33.7 Å². The van der Waals surface area contributed by atoms with Crippen molar-refractivity contribution in [2.45, 2.75) is 30.3 Å². The molecule has 8 heteroatoms. The van der Waals surface area contributed by atoms with E-state index in [0.29, 0.717) is 23.8 Å². The summed E-state index contributed by atoms with van der Waals surface area (Å²) >= 11 is 11.9. The summed E-state index contributed by atoms with van der Waals surface area (Å²) in [5.74, 6) is 0. The number of sulfonamides is 1. The molecule has 0 aliphatic carbocycles. The van der Waals surface area contributed by atoms with E-state index >= 15 is 0 Å². The lowest BCUT2D eigenvalue weighted by Crippen LogP contribution is -2.40. The zero-order valence-corrected chi connectivity index (χ0v) is 13.1. The van der Waals surface area contributed by atoms with Gasteiger partial charge in [-0.05, 0) is 30.5 Å². The Labute approximate surface area is 128 Å².